The molecule has 0 aliphatic carbocycles. The van der Waals surface area contributed by atoms with E-state index in [4.69, 9.17) is 18.9 Å². The lowest BCUT2D eigenvalue weighted by molar-refractivity contribution is -0.145. The number of aromatic amines is 1. The Kier molecular flexibility index (Phi) is 7.46. The quantitative estimate of drug-likeness (QED) is 0.612. The smallest absolute Gasteiger partial charge is 0.355 e. The van der Waals surface area contributed by atoms with Crippen LogP contribution in [0.25, 0.3) is 10.9 Å². The number of aromatic nitrogens is 1. The molecule has 1 unspecified atom stereocenters. The van der Waals surface area contributed by atoms with Crippen LogP contribution in [0.1, 0.15) is 30.8 Å². The number of H-pyrrole nitrogens is 1. The summed E-state index contributed by atoms with van der Waals surface area (Å²) in [6.45, 7) is 3.31. The summed E-state index contributed by atoms with van der Waals surface area (Å²) in [4.78, 5) is 39.1. The molecule has 0 radical (unpaired) electrons. The number of nitrogens with one attached hydrogen (secondary N) is 2. The summed E-state index contributed by atoms with van der Waals surface area (Å²) >= 11 is 0. The van der Waals surface area contributed by atoms with Crippen molar-refractivity contribution in [3.05, 3.63) is 23.9 Å². The van der Waals surface area contributed by atoms with E-state index in [1.165, 1.54) is 21.3 Å². The third kappa shape index (κ3) is 5.63. The molecule has 9 heteroatoms. The van der Waals surface area contributed by atoms with Crippen LogP contribution >= 0.6 is 0 Å². The summed E-state index contributed by atoms with van der Waals surface area (Å²) in [6.07, 6.45) is 0.413. The van der Waals surface area contributed by atoms with Crippen LogP contribution in [0, 0.1) is 5.92 Å². The van der Waals surface area contributed by atoms with Gasteiger partial charge in [0.15, 0.2) is 6.61 Å². The standard InChI is InChI=1S/C20H26N2O7/c1-11(2)6-14(19(24)28-5)21-17(23)10-29-20(25)15-8-12-7-13(26-3)9-16(27-4)18(12)22-15/h7-9,11,14,22H,6,10H2,1-5H3,(H,21,23). The average molecular weight is 406 g/mol. The molecule has 0 bridgehead atoms. The van der Waals surface area contributed by atoms with Gasteiger partial charge < -0.3 is 29.2 Å². The Balaban J connectivity index is 2.04. The first-order valence-corrected chi connectivity index (χ1v) is 9.08. The highest BCUT2D eigenvalue weighted by Gasteiger charge is 2.23. The molecule has 1 atom stereocenters. The van der Waals surface area contributed by atoms with Crippen LogP contribution in [0.15, 0.2) is 18.2 Å². The molecule has 1 aromatic heterocycles. The fourth-order valence-electron chi connectivity index (χ4n) is 2.85. The Hall–Kier alpha value is -3.23. The van der Waals surface area contributed by atoms with Gasteiger partial charge in [0, 0.05) is 11.5 Å². The van der Waals surface area contributed by atoms with Gasteiger partial charge in [-0.15, -0.1) is 0 Å². The minimum Gasteiger partial charge on any atom is -0.497 e. The van der Waals surface area contributed by atoms with Gasteiger partial charge in [0.1, 0.15) is 23.2 Å². The normalized spacial score (nSPS) is 11.8. The van der Waals surface area contributed by atoms with E-state index in [1.54, 1.807) is 18.2 Å². The first-order chi connectivity index (χ1) is 13.8. The molecule has 0 aliphatic heterocycles. The molecular formula is C20H26N2O7. The lowest BCUT2D eigenvalue weighted by atomic mass is 10.0. The van der Waals surface area contributed by atoms with Crippen LogP contribution < -0.4 is 14.8 Å². The van der Waals surface area contributed by atoms with Crippen molar-refractivity contribution in [3.8, 4) is 11.5 Å². The van der Waals surface area contributed by atoms with E-state index in [9.17, 15) is 14.4 Å². The maximum atomic E-state index is 12.3. The topological polar surface area (TPSA) is 116 Å². The van der Waals surface area contributed by atoms with Gasteiger partial charge in [0.2, 0.25) is 0 Å². The van der Waals surface area contributed by atoms with Gasteiger partial charge in [-0.3, -0.25) is 4.79 Å². The second kappa shape index (κ2) is 9.81. The fraction of sp³-hybridized carbons (Fsp3) is 0.450. The summed E-state index contributed by atoms with van der Waals surface area (Å²) in [5.74, 6) is -0.603. The van der Waals surface area contributed by atoms with Crippen molar-refractivity contribution < 1.29 is 33.3 Å². The molecule has 29 heavy (non-hydrogen) atoms. The van der Waals surface area contributed by atoms with Gasteiger partial charge >= 0.3 is 11.9 Å². The number of esters is 2. The SMILES string of the molecule is COC(=O)C(CC(C)C)NC(=O)COC(=O)c1cc2cc(OC)cc(OC)c2[nH]1. The molecule has 0 saturated heterocycles. The number of amides is 1. The zero-order valence-corrected chi connectivity index (χ0v) is 17.2. The van der Waals surface area contributed by atoms with Gasteiger partial charge in [-0.05, 0) is 24.5 Å². The van der Waals surface area contributed by atoms with E-state index in [1.807, 2.05) is 13.8 Å². The van der Waals surface area contributed by atoms with Gasteiger partial charge in [0.25, 0.3) is 5.91 Å². The van der Waals surface area contributed by atoms with Crippen molar-refractivity contribution in [3.63, 3.8) is 0 Å². The number of ether oxygens (including phenoxy) is 4. The van der Waals surface area contributed by atoms with Crippen molar-refractivity contribution in [2.45, 2.75) is 26.3 Å². The minimum atomic E-state index is -0.795. The van der Waals surface area contributed by atoms with Crippen LogP contribution in [0.3, 0.4) is 0 Å². The second-order valence-electron chi connectivity index (χ2n) is 6.83. The van der Waals surface area contributed by atoms with Crippen LogP contribution in [-0.2, 0) is 19.1 Å². The highest BCUT2D eigenvalue weighted by Crippen LogP contribution is 2.31. The molecular weight excluding hydrogens is 380 g/mol. The molecule has 0 saturated carbocycles. The number of hydrogen-bond acceptors (Lipinski definition) is 7. The highest BCUT2D eigenvalue weighted by molar-refractivity contribution is 5.98. The van der Waals surface area contributed by atoms with Crippen molar-refractivity contribution in [2.75, 3.05) is 27.9 Å². The first kappa shape index (κ1) is 22.1. The molecule has 158 valence electrons. The van der Waals surface area contributed by atoms with Crippen LogP contribution in [-0.4, -0.2) is 56.8 Å². The largest absolute Gasteiger partial charge is 0.497 e. The number of benzene rings is 1. The number of rotatable bonds is 9. The maximum absolute atomic E-state index is 12.3. The number of carbonyl (C=O) groups is 3. The summed E-state index contributed by atoms with van der Waals surface area (Å²) in [7, 11) is 4.29. The van der Waals surface area contributed by atoms with E-state index in [0.717, 1.165) is 0 Å². The summed E-state index contributed by atoms with van der Waals surface area (Å²) < 4.78 is 20.3. The zero-order valence-electron chi connectivity index (χ0n) is 17.2. The predicted octanol–water partition coefficient (Wildman–Crippen LogP) is 2.05. The Morgan fingerprint density at radius 2 is 1.79 bits per heavy atom. The molecule has 0 spiro atoms. The Bertz CT molecular complexity index is 888. The third-order valence-corrected chi connectivity index (χ3v) is 4.20. The zero-order chi connectivity index (χ0) is 21.6. The highest BCUT2D eigenvalue weighted by atomic mass is 16.5. The van der Waals surface area contributed by atoms with Gasteiger partial charge in [0.05, 0.1) is 26.8 Å². The van der Waals surface area contributed by atoms with Gasteiger partial charge in [-0.2, -0.15) is 0 Å². The lowest BCUT2D eigenvalue weighted by Gasteiger charge is -2.18. The van der Waals surface area contributed by atoms with E-state index >= 15 is 0 Å². The Morgan fingerprint density at radius 3 is 2.38 bits per heavy atom. The average Bonchev–Trinajstić information content (AvgIpc) is 3.13. The van der Waals surface area contributed by atoms with Crippen LogP contribution in [0.4, 0.5) is 0 Å². The van der Waals surface area contributed by atoms with Crippen molar-refractivity contribution in [2.24, 2.45) is 5.92 Å². The van der Waals surface area contributed by atoms with Gasteiger partial charge in [-0.25, -0.2) is 9.59 Å². The predicted molar refractivity (Wildman–Crippen MR) is 105 cm³/mol. The van der Waals surface area contributed by atoms with Gasteiger partial charge in [-0.1, -0.05) is 13.8 Å². The molecule has 1 heterocycles. The number of methoxy groups -OCH3 is 3. The molecule has 2 aromatic rings. The Labute approximate surface area is 168 Å². The summed E-state index contributed by atoms with van der Waals surface area (Å²) in [5, 5.41) is 3.22. The maximum Gasteiger partial charge on any atom is 0.355 e. The Morgan fingerprint density at radius 1 is 1.07 bits per heavy atom. The first-order valence-electron chi connectivity index (χ1n) is 9.08. The van der Waals surface area contributed by atoms with Crippen LogP contribution in [0.5, 0.6) is 11.5 Å². The molecule has 0 fully saturated rings. The summed E-state index contributed by atoms with van der Waals surface area (Å²) in [5.41, 5.74) is 0.762. The minimum absolute atomic E-state index is 0.158. The third-order valence-electron chi connectivity index (χ3n) is 4.20. The number of hydrogen-bond donors (Lipinski definition) is 2. The lowest BCUT2D eigenvalue weighted by Crippen LogP contribution is -2.44. The van der Waals surface area contributed by atoms with Crippen molar-refractivity contribution >= 4 is 28.7 Å². The molecule has 2 N–H and O–H groups in total. The monoisotopic (exact) mass is 406 g/mol. The molecule has 0 aliphatic rings. The van der Waals surface area contributed by atoms with Crippen molar-refractivity contribution in [1.82, 2.24) is 10.3 Å². The van der Waals surface area contributed by atoms with Crippen molar-refractivity contribution in [1.29, 1.82) is 0 Å². The van der Waals surface area contributed by atoms with E-state index in [0.29, 0.717) is 28.8 Å². The number of fused-ring (bicyclic) bond motifs is 1. The fourth-order valence-corrected chi connectivity index (χ4v) is 2.85. The second-order valence-corrected chi connectivity index (χ2v) is 6.83. The molecule has 9 nitrogen and oxygen atoms in total. The van der Waals surface area contributed by atoms with Crippen LogP contribution in [0.2, 0.25) is 0 Å². The van der Waals surface area contributed by atoms with E-state index in [2.05, 4.69) is 10.3 Å². The summed E-state index contributed by atoms with van der Waals surface area (Å²) in [6, 6.07) is 4.21. The molecule has 1 amide bonds. The molecule has 2 rings (SSSR count). The molecule has 1 aromatic carbocycles. The number of carbonyl (C=O) groups excluding carboxylic acids is 3. The van der Waals surface area contributed by atoms with E-state index in [-0.39, 0.29) is 11.6 Å². The van der Waals surface area contributed by atoms with E-state index < -0.39 is 30.5 Å².